The maximum absolute atomic E-state index is 13.5. The van der Waals surface area contributed by atoms with Gasteiger partial charge in [-0.15, -0.1) is 0 Å². The number of rotatable bonds is 5. The normalized spacial score (nSPS) is 16.1. The summed E-state index contributed by atoms with van der Waals surface area (Å²) < 4.78 is 6.30. The number of carbonyl (C=O) groups excluding carboxylic acids is 1. The number of benzene rings is 2. The molecule has 2 aromatic rings. The van der Waals surface area contributed by atoms with Crippen molar-refractivity contribution in [2.45, 2.75) is 32.9 Å². The van der Waals surface area contributed by atoms with E-state index in [1.165, 1.54) is 12.1 Å². The van der Waals surface area contributed by atoms with Gasteiger partial charge in [-0.25, -0.2) is 0 Å². The minimum atomic E-state index is -0.774. The van der Waals surface area contributed by atoms with Crippen LogP contribution >= 0.6 is 12.2 Å². The first-order valence-corrected chi connectivity index (χ1v) is 11.1. The zero-order valence-corrected chi connectivity index (χ0v) is 19.9. The van der Waals surface area contributed by atoms with Gasteiger partial charge in [0.05, 0.1) is 17.2 Å². The number of thiocarbonyl (C=S) groups is 1. The van der Waals surface area contributed by atoms with Crippen molar-refractivity contribution in [3.63, 3.8) is 0 Å². The van der Waals surface area contributed by atoms with Gasteiger partial charge in [0.2, 0.25) is 0 Å². The third kappa shape index (κ3) is 4.04. The Bertz CT molecular complexity index is 1190. The second kappa shape index (κ2) is 8.47. The first kappa shape index (κ1) is 22.7. The predicted octanol–water partition coefficient (Wildman–Crippen LogP) is 3.96. The summed E-state index contributed by atoms with van der Waals surface area (Å²) in [5.74, 6) is 0.371. The lowest BCUT2D eigenvalue weighted by molar-refractivity contribution is -0.384. The van der Waals surface area contributed by atoms with Crippen LogP contribution in [0.2, 0.25) is 0 Å². The summed E-state index contributed by atoms with van der Waals surface area (Å²) in [7, 11) is 1.87. The average Bonchev–Trinajstić information content (AvgIpc) is 3.10. The smallest absolute Gasteiger partial charge is 0.270 e. The van der Waals surface area contributed by atoms with Gasteiger partial charge in [-0.3, -0.25) is 14.9 Å². The van der Waals surface area contributed by atoms with E-state index >= 15 is 0 Å². The molecule has 2 aromatic carbocycles. The summed E-state index contributed by atoms with van der Waals surface area (Å²) in [5.41, 5.74) is 2.71. The van der Waals surface area contributed by atoms with E-state index in [1.54, 1.807) is 11.0 Å². The SMILES string of the molecule is CCNC(=S)N(C)CC1=C(N2Cc3ccccc3C2=O)c2cc([N+](=O)[O-])ccc2OC1(C)C. The van der Waals surface area contributed by atoms with E-state index in [-0.39, 0.29) is 11.6 Å². The van der Waals surface area contributed by atoms with E-state index in [1.807, 2.05) is 57.0 Å². The third-order valence-corrected chi connectivity index (χ3v) is 6.42. The van der Waals surface area contributed by atoms with Crippen LogP contribution in [0.4, 0.5) is 5.69 Å². The van der Waals surface area contributed by atoms with E-state index in [0.29, 0.717) is 47.3 Å². The standard InChI is InChI=1S/C24H26N4O4S/c1-5-25-23(33)26(4)14-19-21(27-13-15-8-6-7-9-17(15)22(27)29)18-12-16(28(30)31)10-11-20(18)32-24(19,2)3/h6-12H,5,13-14H2,1-4H3,(H,25,33). The van der Waals surface area contributed by atoms with Crippen LogP contribution in [-0.4, -0.2) is 51.5 Å². The van der Waals surface area contributed by atoms with Crippen LogP contribution in [0.25, 0.3) is 5.70 Å². The largest absolute Gasteiger partial charge is 0.483 e. The number of amides is 1. The molecule has 2 aliphatic heterocycles. The number of ether oxygens (including phenoxy) is 1. The lowest BCUT2D eigenvalue weighted by Crippen LogP contribution is -2.45. The molecule has 0 saturated carbocycles. The van der Waals surface area contributed by atoms with Crippen LogP contribution in [0.5, 0.6) is 5.75 Å². The summed E-state index contributed by atoms with van der Waals surface area (Å²) in [4.78, 5) is 28.2. The lowest BCUT2D eigenvalue weighted by atomic mass is 9.88. The van der Waals surface area contributed by atoms with Gasteiger partial charge in [0.25, 0.3) is 11.6 Å². The van der Waals surface area contributed by atoms with Crippen LogP contribution in [0.3, 0.4) is 0 Å². The molecule has 4 rings (SSSR count). The Morgan fingerprint density at radius 2 is 2.00 bits per heavy atom. The molecule has 2 heterocycles. The molecule has 0 unspecified atom stereocenters. The highest BCUT2D eigenvalue weighted by Crippen LogP contribution is 2.46. The van der Waals surface area contributed by atoms with Crippen molar-refractivity contribution in [3.8, 4) is 5.75 Å². The lowest BCUT2D eigenvalue weighted by Gasteiger charge is -2.41. The van der Waals surface area contributed by atoms with E-state index in [2.05, 4.69) is 5.32 Å². The summed E-state index contributed by atoms with van der Waals surface area (Å²) >= 11 is 5.49. The predicted molar refractivity (Wildman–Crippen MR) is 130 cm³/mol. The molecule has 0 atom stereocenters. The third-order valence-electron chi connectivity index (χ3n) is 5.97. The zero-order valence-electron chi connectivity index (χ0n) is 19.0. The second-order valence-electron chi connectivity index (χ2n) is 8.62. The van der Waals surface area contributed by atoms with Crippen molar-refractivity contribution in [2.75, 3.05) is 20.1 Å². The number of non-ortho nitro benzene ring substituents is 1. The summed E-state index contributed by atoms with van der Waals surface area (Å²) in [6.45, 7) is 7.29. The highest BCUT2D eigenvalue weighted by molar-refractivity contribution is 7.80. The van der Waals surface area contributed by atoms with E-state index in [9.17, 15) is 14.9 Å². The maximum atomic E-state index is 13.5. The minimum Gasteiger partial charge on any atom is -0.483 e. The Morgan fingerprint density at radius 1 is 1.27 bits per heavy atom. The van der Waals surface area contributed by atoms with Crippen molar-refractivity contribution in [1.29, 1.82) is 0 Å². The van der Waals surface area contributed by atoms with E-state index in [4.69, 9.17) is 17.0 Å². The molecule has 0 aliphatic carbocycles. The van der Waals surface area contributed by atoms with E-state index in [0.717, 1.165) is 11.1 Å². The molecule has 1 N–H and O–H groups in total. The first-order valence-electron chi connectivity index (χ1n) is 10.7. The number of hydrogen-bond donors (Lipinski definition) is 1. The number of nitro groups is 1. The van der Waals surface area contributed by atoms with Crippen LogP contribution in [0, 0.1) is 10.1 Å². The van der Waals surface area contributed by atoms with Crippen molar-refractivity contribution in [1.82, 2.24) is 15.1 Å². The Morgan fingerprint density at radius 3 is 2.67 bits per heavy atom. The summed E-state index contributed by atoms with van der Waals surface area (Å²) in [6.07, 6.45) is 0. The van der Waals surface area contributed by atoms with Gasteiger partial charge in [0.1, 0.15) is 11.4 Å². The quantitative estimate of drug-likeness (QED) is 0.405. The zero-order chi connectivity index (χ0) is 23.9. The molecule has 2 aliphatic rings. The van der Waals surface area contributed by atoms with E-state index < -0.39 is 10.5 Å². The Balaban J connectivity index is 1.91. The molecule has 9 heteroatoms. The Kier molecular flexibility index (Phi) is 5.84. The van der Waals surface area contributed by atoms with Crippen LogP contribution in [-0.2, 0) is 6.54 Å². The first-order chi connectivity index (χ1) is 15.6. The summed E-state index contributed by atoms with van der Waals surface area (Å²) in [6, 6.07) is 12.0. The number of nitrogens with zero attached hydrogens (tertiary/aromatic N) is 3. The second-order valence-corrected chi connectivity index (χ2v) is 9.00. The Labute approximate surface area is 198 Å². The average molecular weight is 467 g/mol. The maximum Gasteiger partial charge on any atom is 0.270 e. The molecule has 1 amide bonds. The highest BCUT2D eigenvalue weighted by atomic mass is 32.1. The molecular weight excluding hydrogens is 440 g/mol. The van der Waals surface area contributed by atoms with Crippen LogP contribution < -0.4 is 10.1 Å². The van der Waals surface area contributed by atoms with Crippen molar-refractivity contribution in [3.05, 3.63) is 74.8 Å². The molecule has 0 radical (unpaired) electrons. The van der Waals surface area contributed by atoms with Gasteiger partial charge in [-0.2, -0.15) is 0 Å². The molecule has 0 spiro atoms. The fourth-order valence-corrected chi connectivity index (χ4v) is 4.50. The number of likely N-dealkylation sites (N-methyl/N-ethyl adjacent to an activating group) is 1. The number of hydrogen-bond acceptors (Lipinski definition) is 5. The molecule has 0 aromatic heterocycles. The van der Waals surface area contributed by atoms with Gasteiger partial charge in [0.15, 0.2) is 5.11 Å². The summed E-state index contributed by atoms with van der Waals surface area (Å²) in [5, 5.41) is 15.2. The Hall–Kier alpha value is -3.46. The topological polar surface area (TPSA) is 88.0 Å². The van der Waals surface area contributed by atoms with Crippen molar-refractivity contribution in [2.24, 2.45) is 0 Å². The molecule has 172 valence electrons. The molecule has 0 fully saturated rings. The monoisotopic (exact) mass is 466 g/mol. The number of nitrogens with one attached hydrogen (secondary N) is 1. The number of fused-ring (bicyclic) bond motifs is 2. The molecule has 0 saturated heterocycles. The molecular formula is C24H26N4O4S. The van der Waals surface area contributed by atoms with Crippen molar-refractivity contribution < 1.29 is 14.5 Å². The van der Waals surface area contributed by atoms with Gasteiger partial charge < -0.3 is 19.9 Å². The van der Waals surface area contributed by atoms with Gasteiger partial charge >= 0.3 is 0 Å². The highest BCUT2D eigenvalue weighted by Gasteiger charge is 2.42. The number of nitro benzene ring substituents is 1. The molecule has 0 bridgehead atoms. The fraction of sp³-hybridized carbons (Fsp3) is 0.333. The molecule has 8 nitrogen and oxygen atoms in total. The van der Waals surface area contributed by atoms with Crippen LogP contribution in [0.1, 0.15) is 42.3 Å². The fourth-order valence-electron chi connectivity index (χ4n) is 4.29. The van der Waals surface area contributed by atoms with Gasteiger partial charge in [0, 0.05) is 49.0 Å². The van der Waals surface area contributed by atoms with Gasteiger partial charge in [-0.05, 0) is 50.7 Å². The van der Waals surface area contributed by atoms with Crippen LogP contribution in [0.15, 0.2) is 48.0 Å². The van der Waals surface area contributed by atoms with Gasteiger partial charge in [-0.1, -0.05) is 18.2 Å². The molecule has 33 heavy (non-hydrogen) atoms. The minimum absolute atomic E-state index is 0.0606. The van der Waals surface area contributed by atoms with Crippen molar-refractivity contribution >= 4 is 34.6 Å². The number of carbonyl (C=O) groups is 1.